The van der Waals surface area contributed by atoms with Crippen LogP contribution in [0.3, 0.4) is 0 Å². The lowest BCUT2D eigenvalue weighted by molar-refractivity contribution is -0.171. The second kappa shape index (κ2) is 7.30. The first kappa shape index (κ1) is 18.7. The van der Waals surface area contributed by atoms with Gasteiger partial charge in [0.1, 0.15) is 5.60 Å². The molecule has 0 saturated carbocycles. The van der Waals surface area contributed by atoms with E-state index in [0.29, 0.717) is 5.06 Å². The average molecular weight is 329 g/mol. The Hall–Kier alpha value is -2.32. The van der Waals surface area contributed by atoms with Gasteiger partial charge in [0.25, 0.3) is 11.8 Å². The SMILES string of the molecule is CC(CNC(=O)ON1C(=O)CCC1=O)N(C)C(=O)OC(C)(C)C. The van der Waals surface area contributed by atoms with E-state index in [1.54, 1.807) is 34.7 Å². The number of nitrogens with zero attached hydrogens (tertiary/aromatic N) is 2. The first-order valence-electron chi connectivity index (χ1n) is 7.28. The number of carbonyl (C=O) groups is 4. The summed E-state index contributed by atoms with van der Waals surface area (Å²) in [4.78, 5) is 52.1. The molecular weight excluding hydrogens is 306 g/mol. The van der Waals surface area contributed by atoms with E-state index in [2.05, 4.69) is 10.2 Å². The van der Waals surface area contributed by atoms with Crippen LogP contribution in [0.2, 0.25) is 0 Å². The van der Waals surface area contributed by atoms with Crippen molar-refractivity contribution in [2.75, 3.05) is 13.6 Å². The molecule has 130 valence electrons. The Labute approximate surface area is 134 Å². The van der Waals surface area contributed by atoms with Crippen molar-refractivity contribution in [3.63, 3.8) is 0 Å². The predicted octanol–water partition coefficient (Wildman–Crippen LogP) is 1.03. The highest BCUT2D eigenvalue weighted by Gasteiger charge is 2.33. The first-order valence-corrected chi connectivity index (χ1v) is 7.28. The van der Waals surface area contributed by atoms with Crippen LogP contribution in [0.5, 0.6) is 0 Å². The summed E-state index contributed by atoms with van der Waals surface area (Å²) in [6.07, 6.45) is -1.39. The van der Waals surface area contributed by atoms with Gasteiger partial charge in [-0.05, 0) is 27.7 Å². The van der Waals surface area contributed by atoms with Crippen LogP contribution in [0.15, 0.2) is 0 Å². The molecule has 1 rings (SSSR count). The lowest BCUT2D eigenvalue weighted by Gasteiger charge is -2.28. The van der Waals surface area contributed by atoms with Crippen molar-refractivity contribution in [3.8, 4) is 0 Å². The highest BCUT2D eigenvalue weighted by atomic mass is 16.7. The van der Waals surface area contributed by atoms with Crippen LogP contribution >= 0.6 is 0 Å². The number of likely N-dealkylation sites (N-methyl/N-ethyl adjacent to an activating group) is 1. The molecule has 0 radical (unpaired) electrons. The highest BCUT2D eigenvalue weighted by Crippen LogP contribution is 2.12. The van der Waals surface area contributed by atoms with Crippen molar-refractivity contribution in [1.29, 1.82) is 0 Å². The van der Waals surface area contributed by atoms with Gasteiger partial charge in [-0.2, -0.15) is 0 Å². The Bertz CT molecular complexity index is 483. The van der Waals surface area contributed by atoms with Gasteiger partial charge in [0, 0.05) is 32.5 Å². The Morgan fingerprint density at radius 1 is 1.26 bits per heavy atom. The molecule has 0 spiro atoms. The van der Waals surface area contributed by atoms with Crippen LogP contribution in [0, 0.1) is 0 Å². The molecule has 1 atom stereocenters. The second-order valence-corrected chi connectivity index (χ2v) is 6.28. The summed E-state index contributed by atoms with van der Waals surface area (Å²) in [5.41, 5.74) is -0.617. The third-order valence-corrected chi connectivity index (χ3v) is 3.06. The molecule has 1 N–H and O–H groups in total. The fourth-order valence-corrected chi connectivity index (χ4v) is 1.65. The minimum Gasteiger partial charge on any atom is -0.444 e. The van der Waals surface area contributed by atoms with E-state index in [1.807, 2.05) is 0 Å². The molecule has 1 aliphatic heterocycles. The molecule has 0 aromatic carbocycles. The van der Waals surface area contributed by atoms with E-state index in [-0.39, 0.29) is 25.4 Å². The minimum absolute atomic E-state index is 0.0316. The maximum absolute atomic E-state index is 11.9. The van der Waals surface area contributed by atoms with Gasteiger partial charge in [0.2, 0.25) is 0 Å². The maximum Gasteiger partial charge on any atom is 0.432 e. The molecular formula is C14H23N3O6. The fraction of sp³-hybridized carbons (Fsp3) is 0.714. The van der Waals surface area contributed by atoms with Crippen molar-refractivity contribution in [3.05, 3.63) is 0 Å². The number of hydroxylamine groups is 2. The maximum atomic E-state index is 11.9. The van der Waals surface area contributed by atoms with Crippen LogP contribution in [0.25, 0.3) is 0 Å². The second-order valence-electron chi connectivity index (χ2n) is 6.28. The number of amides is 4. The van der Waals surface area contributed by atoms with Crippen LogP contribution in [0.1, 0.15) is 40.5 Å². The van der Waals surface area contributed by atoms with Crippen molar-refractivity contribution in [2.45, 2.75) is 52.2 Å². The van der Waals surface area contributed by atoms with Gasteiger partial charge >= 0.3 is 12.2 Å². The van der Waals surface area contributed by atoms with Gasteiger partial charge in [0.15, 0.2) is 0 Å². The molecule has 0 aromatic rings. The third-order valence-electron chi connectivity index (χ3n) is 3.06. The normalized spacial score (nSPS) is 16.1. The number of nitrogens with one attached hydrogen (secondary N) is 1. The zero-order chi connectivity index (χ0) is 17.8. The molecule has 0 aliphatic carbocycles. The Kier molecular flexibility index (Phi) is 5.94. The number of imide groups is 1. The molecule has 0 bridgehead atoms. The molecule has 1 aliphatic rings. The summed E-state index contributed by atoms with van der Waals surface area (Å²) >= 11 is 0. The highest BCUT2D eigenvalue weighted by molar-refractivity contribution is 6.01. The van der Waals surface area contributed by atoms with Crippen LogP contribution in [-0.4, -0.2) is 59.2 Å². The van der Waals surface area contributed by atoms with E-state index < -0.39 is 29.6 Å². The minimum atomic E-state index is -0.932. The molecule has 4 amide bonds. The van der Waals surface area contributed by atoms with Gasteiger partial charge in [-0.1, -0.05) is 0 Å². The smallest absolute Gasteiger partial charge is 0.432 e. The standard InChI is InChI=1S/C14H23N3O6/c1-9(16(5)13(21)22-14(2,3)4)8-15-12(20)23-17-10(18)6-7-11(17)19/h9H,6-8H2,1-5H3,(H,15,20). The summed E-state index contributed by atoms with van der Waals surface area (Å²) in [6, 6.07) is -0.373. The largest absolute Gasteiger partial charge is 0.444 e. The van der Waals surface area contributed by atoms with Crippen LogP contribution in [0.4, 0.5) is 9.59 Å². The lowest BCUT2D eigenvalue weighted by atomic mass is 10.2. The van der Waals surface area contributed by atoms with Crippen molar-refractivity contribution in [1.82, 2.24) is 15.3 Å². The summed E-state index contributed by atoms with van der Waals surface area (Å²) in [7, 11) is 1.54. The van der Waals surface area contributed by atoms with E-state index in [4.69, 9.17) is 4.74 Å². The number of rotatable bonds is 4. The molecule has 9 heteroatoms. The van der Waals surface area contributed by atoms with Crippen molar-refractivity contribution in [2.24, 2.45) is 0 Å². The average Bonchev–Trinajstić information content (AvgIpc) is 2.73. The first-order chi connectivity index (χ1) is 10.5. The van der Waals surface area contributed by atoms with Gasteiger partial charge in [-0.15, -0.1) is 5.06 Å². The van der Waals surface area contributed by atoms with Crippen LogP contribution in [-0.2, 0) is 19.2 Å². The van der Waals surface area contributed by atoms with E-state index in [0.717, 1.165) is 0 Å². The zero-order valence-electron chi connectivity index (χ0n) is 14.0. The molecule has 1 unspecified atom stereocenters. The lowest BCUT2D eigenvalue weighted by Crippen LogP contribution is -2.46. The van der Waals surface area contributed by atoms with Gasteiger partial charge in [0.05, 0.1) is 0 Å². The topological polar surface area (TPSA) is 105 Å². The molecule has 23 heavy (non-hydrogen) atoms. The Morgan fingerprint density at radius 2 is 1.78 bits per heavy atom. The summed E-state index contributed by atoms with van der Waals surface area (Å²) < 4.78 is 5.21. The summed E-state index contributed by atoms with van der Waals surface area (Å²) in [6.45, 7) is 7.04. The molecule has 1 fully saturated rings. The Morgan fingerprint density at radius 3 is 2.26 bits per heavy atom. The quantitative estimate of drug-likeness (QED) is 0.772. The monoisotopic (exact) mass is 329 g/mol. The number of hydrogen-bond acceptors (Lipinski definition) is 6. The van der Waals surface area contributed by atoms with Gasteiger partial charge in [-0.3, -0.25) is 9.59 Å². The summed E-state index contributed by atoms with van der Waals surface area (Å²) in [5.74, 6) is -1.10. The number of hydrogen-bond donors (Lipinski definition) is 1. The molecule has 9 nitrogen and oxygen atoms in total. The Balaban J connectivity index is 2.41. The fourth-order valence-electron chi connectivity index (χ4n) is 1.65. The van der Waals surface area contributed by atoms with Crippen molar-refractivity contribution < 1.29 is 28.8 Å². The molecule has 0 aromatic heterocycles. The van der Waals surface area contributed by atoms with Gasteiger partial charge < -0.3 is 19.8 Å². The van der Waals surface area contributed by atoms with Crippen LogP contribution < -0.4 is 5.32 Å². The number of carbonyl (C=O) groups excluding carboxylic acids is 4. The van der Waals surface area contributed by atoms with Crippen molar-refractivity contribution >= 4 is 24.0 Å². The predicted molar refractivity (Wildman–Crippen MR) is 79.0 cm³/mol. The van der Waals surface area contributed by atoms with E-state index in [9.17, 15) is 19.2 Å². The third kappa shape index (κ3) is 5.76. The summed E-state index contributed by atoms with van der Waals surface area (Å²) in [5, 5.41) is 2.85. The van der Waals surface area contributed by atoms with E-state index in [1.165, 1.54) is 4.90 Å². The molecule has 1 saturated heterocycles. The van der Waals surface area contributed by atoms with Gasteiger partial charge in [-0.25, -0.2) is 9.59 Å². The molecule has 1 heterocycles. The van der Waals surface area contributed by atoms with E-state index >= 15 is 0 Å². The number of ether oxygens (including phenoxy) is 1. The zero-order valence-corrected chi connectivity index (χ0v) is 14.0.